The number of hydrogen-bond acceptors (Lipinski definition) is 2. The van der Waals surface area contributed by atoms with E-state index in [4.69, 9.17) is 23.2 Å². The van der Waals surface area contributed by atoms with Crippen LogP contribution in [0.5, 0.6) is 0 Å². The largest absolute Gasteiger partial charge is 0.317 e. The second kappa shape index (κ2) is 6.03. The maximum Gasteiger partial charge on any atom is 0.281 e. The van der Waals surface area contributed by atoms with Gasteiger partial charge in [0, 0.05) is 18.1 Å². The van der Waals surface area contributed by atoms with Crippen molar-refractivity contribution in [3.8, 4) is 0 Å². The minimum atomic E-state index is -0.714. The Bertz CT molecular complexity index is 1010. The quantitative estimate of drug-likeness (QED) is 0.616. The second-order valence-corrected chi connectivity index (χ2v) is 6.57. The predicted octanol–water partition coefficient (Wildman–Crippen LogP) is 4.57. The zero-order valence-corrected chi connectivity index (χ0v) is 13.9. The number of aromatic nitrogens is 1. The normalized spacial score (nSPS) is 12.1. The van der Waals surface area contributed by atoms with Crippen LogP contribution in [0.1, 0.15) is 10.4 Å². The van der Waals surface area contributed by atoms with Crippen LogP contribution in [0, 0.1) is 11.6 Å². The van der Waals surface area contributed by atoms with Crippen molar-refractivity contribution in [3.63, 3.8) is 0 Å². The van der Waals surface area contributed by atoms with Gasteiger partial charge in [0.15, 0.2) is 10.6 Å². The zero-order chi connectivity index (χ0) is 16.7. The topological polar surface area (TPSA) is 34.4 Å². The molecule has 23 heavy (non-hydrogen) atoms. The third-order valence-electron chi connectivity index (χ3n) is 3.17. The van der Waals surface area contributed by atoms with E-state index in [1.165, 1.54) is 22.8 Å². The third-order valence-corrected chi connectivity index (χ3v) is 4.82. The molecule has 0 bridgehead atoms. The summed E-state index contributed by atoms with van der Waals surface area (Å²) in [6, 6.07) is 6.43. The van der Waals surface area contributed by atoms with E-state index in [1.807, 2.05) is 0 Å². The highest BCUT2D eigenvalue weighted by atomic mass is 35.5. The number of halogens is 4. The van der Waals surface area contributed by atoms with Gasteiger partial charge in [-0.05, 0) is 24.3 Å². The number of hydrogen-bond donors (Lipinski definition) is 0. The van der Waals surface area contributed by atoms with Crippen molar-refractivity contribution in [3.05, 3.63) is 62.4 Å². The van der Waals surface area contributed by atoms with Crippen molar-refractivity contribution in [2.24, 2.45) is 12.0 Å². The standard InChI is InChI=1S/C15H8Cl2F2N2OS/c1-21-13-11(19)5-8(18)6-12(13)23-15(21)20-14(22)9-4-7(16)2-3-10(9)17/h2-6H,1H3. The van der Waals surface area contributed by atoms with Gasteiger partial charge >= 0.3 is 0 Å². The molecule has 0 atom stereocenters. The van der Waals surface area contributed by atoms with Crippen LogP contribution in [0.3, 0.4) is 0 Å². The number of nitrogens with zero attached hydrogens (tertiary/aromatic N) is 2. The monoisotopic (exact) mass is 372 g/mol. The number of carbonyl (C=O) groups excluding carboxylic acids is 1. The Morgan fingerprint density at radius 3 is 2.70 bits per heavy atom. The molecule has 3 rings (SSSR count). The summed E-state index contributed by atoms with van der Waals surface area (Å²) in [5.41, 5.74) is 0.323. The molecule has 0 aliphatic carbocycles. The zero-order valence-electron chi connectivity index (χ0n) is 11.6. The van der Waals surface area contributed by atoms with E-state index in [0.29, 0.717) is 9.72 Å². The highest BCUT2D eigenvalue weighted by molar-refractivity contribution is 7.16. The van der Waals surface area contributed by atoms with Crippen LogP contribution in [0.2, 0.25) is 10.0 Å². The predicted molar refractivity (Wildman–Crippen MR) is 87.1 cm³/mol. The fraction of sp³-hybridized carbons (Fsp3) is 0.0667. The van der Waals surface area contributed by atoms with Gasteiger partial charge in [-0.15, -0.1) is 0 Å². The minimum Gasteiger partial charge on any atom is -0.317 e. The molecule has 0 saturated carbocycles. The summed E-state index contributed by atoms with van der Waals surface area (Å²) < 4.78 is 28.9. The molecule has 2 aromatic carbocycles. The molecule has 0 aliphatic heterocycles. The fourth-order valence-electron chi connectivity index (χ4n) is 2.11. The minimum absolute atomic E-state index is 0.142. The molecule has 3 nitrogen and oxygen atoms in total. The molecule has 0 radical (unpaired) electrons. The summed E-state index contributed by atoms with van der Waals surface area (Å²) in [6.45, 7) is 0. The number of carbonyl (C=O) groups is 1. The first-order valence-corrected chi connectivity index (χ1v) is 7.93. The molecule has 3 aromatic rings. The number of amides is 1. The van der Waals surface area contributed by atoms with Crippen molar-refractivity contribution in [1.29, 1.82) is 0 Å². The smallest absolute Gasteiger partial charge is 0.281 e. The summed E-state index contributed by atoms with van der Waals surface area (Å²) in [7, 11) is 1.55. The lowest BCUT2D eigenvalue weighted by Crippen LogP contribution is -2.14. The van der Waals surface area contributed by atoms with Crippen molar-refractivity contribution in [1.82, 2.24) is 4.57 Å². The second-order valence-electron chi connectivity index (χ2n) is 4.72. The molecular formula is C15H8Cl2F2N2OS. The summed E-state index contributed by atoms with van der Waals surface area (Å²) in [5, 5.41) is 0.561. The number of benzene rings is 2. The van der Waals surface area contributed by atoms with Crippen LogP contribution in [0.4, 0.5) is 8.78 Å². The lowest BCUT2D eigenvalue weighted by Gasteiger charge is -2.00. The van der Waals surface area contributed by atoms with E-state index in [1.54, 1.807) is 13.1 Å². The van der Waals surface area contributed by atoms with Gasteiger partial charge in [0.25, 0.3) is 5.91 Å². The van der Waals surface area contributed by atoms with E-state index in [0.717, 1.165) is 17.4 Å². The maximum absolute atomic E-state index is 13.9. The molecule has 0 fully saturated rings. The highest BCUT2D eigenvalue weighted by Crippen LogP contribution is 2.23. The van der Waals surface area contributed by atoms with Crippen molar-refractivity contribution < 1.29 is 13.6 Å². The number of rotatable bonds is 1. The molecule has 1 heterocycles. The average Bonchev–Trinajstić information content (AvgIpc) is 2.77. The summed E-state index contributed by atoms with van der Waals surface area (Å²) in [5.74, 6) is -2.01. The third kappa shape index (κ3) is 3.02. The van der Waals surface area contributed by atoms with Gasteiger partial charge in [0.1, 0.15) is 5.82 Å². The van der Waals surface area contributed by atoms with Crippen LogP contribution in [0.15, 0.2) is 35.3 Å². The number of fused-ring (bicyclic) bond motifs is 1. The summed E-state index contributed by atoms with van der Waals surface area (Å²) in [4.78, 5) is 16.5. The van der Waals surface area contributed by atoms with Gasteiger partial charge < -0.3 is 4.57 Å². The van der Waals surface area contributed by atoms with Crippen LogP contribution < -0.4 is 4.80 Å². The lowest BCUT2D eigenvalue weighted by atomic mass is 10.2. The molecule has 118 valence electrons. The van der Waals surface area contributed by atoms with E-state index < -0.39 is 17.5 Å². The van der Waals surface area contributed by atoms with Gasteiger partial charge in [-0.1, -0.05) is 34.5 Å². The first-order chi connectivity index (χ1) is 10.9. The lowest BCUT2D eigenvalue weighted by molar-refractivity contribution is 0.0998. The first-order valence-electron chi connectivity index (χ1n) is 6.35. The molecule has 0 saturated heterocycles. The summed E-state index contributed by atoms with van der Waals surface area (Å²) in [6.07, 6.45) is 0. The summed E-state index contributed by atoms with van der Waals surface area (Å²) >= 11 is 12.8. The fourth-order valence-corrected chi connectivity index (χ4v) is 3.54. The van der Waals surface area contributed by atoms with E-state index in [9.17, 15) is 13.6 Å². The van der Waals surface area contributed by atoms with Crippen LogP contribution in [-0.4, -0.2) is 10.5 Å². The van der Waals surface area contributed by atoms with Crippen molar-refractivity contribution in [2.45, 2.75) is 0 Å². The van der Waals surface area contributed by atoms with Gasteiger partial charge in [-0.25, -0.2) is 8.78 Å². The van der Waals surface area contributed by atoms with Gasteiger partial charge in [-0.2, -0.15) is 4.99 Å². The SMILES string of the molecule is Cn1c(=NC(=O)c2cc(Cl)ccc2Cl)sc2cc(F)cc(F)c21. The maximum atomic E-state index is 13.9. The number of aryl methyl sites for hydroxylation is 1. The molecule has 0 spiro atoms. The van der Waals surface area contributed by atoms with E-state index >= 15 is 0 Å². The Morgan fingerprint density at radius 2 is 1.96 bits per heavy atom. The van der Waals surface area contributed by atoms with Crippen LogP contribution in [-0.2, 0) is 7.05 Å². The Hall–Kier alpha value is -1.76. The first kappa shape index (κ1) is 16.1. The Kier molecular flexibility index (Phi) is 4.23. The van der Waals surface area contributed by atoms with E-state index in [-0.39, 0.29) is 20.9 Å². The Morgan fingerprint density at radius 1 is 1.22 bits per heavy atom. The van der Waals surface area contributed by atoms with Gasteiger partial charge in [0.05, 0.1) is 20.8 Å². The Labute approximate surface area is 143 Å². The van der Waals surface area contributed by atoms with Crippen molar-refractivity contribution >= 4 is 50.7 Å². The van der Waals surface area contributed by atoms with Crippen LogP contribution in [0.25, 0.3) is 10.2 Å². The molecule has 0 N–H and O–H groups in total. The molecule has 8 heteroatoms. The molecule has 0 aliphatic rings. The Balaban J connectivity index is 2.18. The van der Waals surface area contributed by atoms with Gasteiger partial charge in [-0.3, -0.25) is 4.79 Å². The van der Waals surface area contributed by atoms with Crippen molar-refractivity contribution in [2.75, 3.05) is 0 Å². The highest BCUT2D eigenvalue weighted by Gasteiger charge is 2.14. The van der Waals surface area contributed by atoms with Gasteiger partial charge in [0.2, 0.25) is 0 Å². The molecule has 0 unspecified atom stereocenters. The molecular weight excluding hydrogens is 365 g/mol. The molecule has 1 amide bonds. The molecule has 1 aromatic heterocycles. The average molecular weight is 373 g/mol. The van der Waals surface area contributed by atoms with Crippen LogP contribution >= 0.6 is 34.5 Å². The number of thiazole rings is 1. The van der Waals surface area contributed by atoms with E-state index in [2.05, 4.69) is 4.99 Å².